The third kappa shape index (κ3) is 4.50. The molecule has 21 heavy (non-hydrogen) atoms. The number of rotatable bonds is 1. The van der Waals surface area contributed by atoms with Crippen LogP contribution >= 0.6 is 23.2 Å². The molecule has 1 atom stereocenters. The molecule has 0 saturated carbocycles. The van der Waals surface area contributed by atoms with Crippen LogP contribution in [0.15, 0.2) is 18.2 Å². The van der Waals surface area contributed by atoms with Crippen LogP contribution in [0.4, 0.5) is 4.79 Å². The maximum Gasteiger partial charge on any atom is 0.410 e. The number of piperazine rings is 1. The van der Waals surface area contributed by atoms with Gasteiger partial charge in [0.2, 0.25) is 0 Å². The molecule has 1 N–H and O–H groups in total. The molecule has 0 aliphatic carbocycles. The molecule has 2 rings (SSSR count). The molecule has 1 amide bonds. The van der Waals surface area contributed by atoms with E-state index < -0.39 is 5.60 Å². The molecule has 0 spiro atoms. The maximum atomic E-state index is 12.1. The van der Waals surface area contributed by atoms with Gasteiger partial charge in [-0.3, -0.25) is 0 Å². The summed E-state index contributed by atoms with van der Waals surface area (Å²) >= 11 is 12.0. The van der Waals surface area contributed by atoms with Crippen molar-refractivity contribution in [2.75, 3.05) is 19.6 Å². The molecule has 1 saturated heterocycles. The Bertz CT molecular complexity index is 529. The second-order valence-electron chi connectivity index (χ2n) is 6.11. The summed E-state index contributed by atoms with van der Waals surface area (Å²) in [4.78, 5) is 13.9. The van der Waals surface area contributed by atoms with E-state index in [4.69, 9.17) is 27.9 Å². The Morgan fingerprint density at radius 3 is 2.67 bits per heavy atom. The number of carbonyl (C=O) groups is 1. The predicted molar refractivity (Wildman–Crippen MR) is 85.0 cm³/mol. The Morgan fingerprint density at radius 1 is 1.33 bits per heavy atom. The Morgan fingerprint density at radius 2 is 2.05 bits per heavy atom. The smallest absolute Gasteiger partial charge is 0.410 e. The zero-order valence-corrected chi connectivity index (χ0v) is 14.0. The lowest BCUT2D eigenvalue weighted by Gasteiger charge is -2.35. The summed E-state index contributed by atoms with van der Waals surface area (Å²) in [6, 6.07) is 5.55. The zero-order chi connectivity index (χ0) is 15.6. The zero-order valence-electron chi connectivity index (χ0n) is 12.5. The van der Waals surface area contributed by atoms with E-state index >= 15 is 0 Å². The Labute approximate surface area is 135 Å². The van der Waals surface area contributed by atoms with E-state index in [1.165, 1.54) is 0 Å². The van der Waals surface area contributed by atoms with Gasteiger partial charge in [-0.25, -0.2) is 4.79 Å². The van der Waals surface area contributed by atoms with E-state index in [0.29, 0.717) is 29.7 Å². The van der Waals surface area contributed by atoms with Crippen LogP contribution in [0.1, 0.15) is 32.4 Å². The van der Waals surface area contributed by atoms with Crippen LogP contribution in [-0.2, 0) is 4.74 Å². The molecule has 4 nitrogen and oxygen atoms in total. The lowest BCUT2D eigenvalue weighted by atomic mass is 10.0. The van der Waals surface area contributed by atoms with Crippen molar-refractivity contribution >= 4 is 29.3 Å². The quantitative estimate of drug-likeness (QED) is 0.849. The summed E-state index contributed by atoms with van der Waals surface area (Å²) in [5.41, 5.74) is 0.527. The second-order valence-corrected chi connectivity index (χ2v) is 6.92. The average molecular weight is 331 g/mol. The van der Waals surface area contributed by atoms with Crippen LogP contribution in [0.5, 0.6) is 0 Å². The van der Waals surface area contributed by atoms with Gasteiger partial charge in [-0.05, 0) is 38.5 Å². The van der Waals surface area contributed by atoms with Crippen LogP contribution < -0.4 is 5.32 Å². The Balaban J connectivity index is 2.06. The van der Waals surface area contributed by atoms with Gasteiger partial charge in [-0.1, -0.05) is 29.3 Å². The monoisotopic (exact) mass is 330 g/mol. The fourth-order valence-corrected chi connectivity index (χ4v) is 2.50. The highest BCUT2D eigenvalue weighted by molar-refractivity contribution is 6.42. The van der Waals surface area contributed by atoms with Crippen LogP contribution in [0.25, 0.3) is 0 Å². The summed E-state index contributed by atoms with van der Waals surface area (Å²) in [6.07, 6.45) is -0.283. The fourth-order valence-electron chi connectivity index (χ4n) is 2.19. The minimum atomic E-state index is -0.485. The molecule has 0 bridgehead atoms. The van der Waals surface area contributed by atoms with Gasteiger partial charge in [0.25, 0.3) is 0 Å². The largest absolute Gasteiger partial charge is 0.444 e. The van der Waals surface area contributed by atoms with Gasteiger partial charge in [-0.15, -0.1) is 0 Å². The molecule has 1 fully saturated rings. The number of carbonyl (C=O) groups excluding carboxylic acids is 1. The van der Waals surface area contributed by atoms with Crippen molar-refractivity contribution in [1.29, 1.82) is 0 Å². The van der Waals surface area contributed by atoms with Crippen molar-refractivity contribution in [2.24, 2.45) is 0 Å². The first-order valence-electron chi connectivity index (χ1n) is 6.92. The molecule has 6 heteroatoms. The van der Waals surface area contributed by atoms with Crippen LogP contribution in [0.3, 0.4) is 0 Å². The normalized spacial score (nSPS) is 19.5. The molecule has 0 radical (unpaired) electrons. The average Bonchev–Trinajstić information content (AvgIpc) is 2.40. The lowest BCUT2D eigenvalue weighted by Crippen LogP contribution is -2.49. The van der Waals surface area contributed by atoms with E-state index in [1.54, 1.807) is 11.0 Å². The SMILES string of the molecule is CC(C)(C)OC(=O)N1CCN[C@H](c2ccc(Cl)c(Cl)c2)C1. The number of hydrogen-bond donors (Lipinski definition) is 1. The number of benzene rings is 1. The van der Waals surface area contributed by atoms with Crippen molar-refractivity contribution in [3.8, 4) is 0 Å². The van der Waals surface area contributed by atoms with Gasteiger partial charge in [-0.2, -0.15) is 0 Å². The maximum absolute atomic E-state index is 12.1. The molecule has 116 valence electrons. The molecule has 1 heterocycles. The second kappa shape index (κ2) is 6.42. The Hall–Kier alpha value is -0.970. The molecule has 0 aromatic heterocycles. The van der Waals surface area contributed by atoms with Crippen LogP contribution in [0, 0.1) is 0 Å². The van der Waals surface area contributed by atoms with Crippen molar-refractivity contribution in [2.45, 2.75) is 32.4 Å². The van der Waals surface area contributed by atoms with E-state index in [2.05, 4.69) is 5.32 Å². The topological polar surface area (TPSA) is 41.6 Å². The summed E-state index contributed by atoms with van der Waals surface area (Å²) in [5, 5.41) is 4.43. The van der Waals surface area contributed by atoms with Gasteiger partial charge < -0.3 is 15.0 Å². The first-order valence-corrected chi connectivity index (χ1v) is 7.68. The number of amides is 1. The molecule has 0 unspecified atom stereocenters. The van der Waals surface area contributed by atoms with Crippen LogP contribution in [-0.4, -0.2) is 36.2 Å². The van der Waals surface area contributed by atoms with Gasteiger partial charge in [0, 0.05) is 19.6 Å². The highest BCUT2D eigenvalue weighted by Gasteiger charge is 2.28. The van der Waals surface area contributed by atoms with Crippen molar-refractivity contribution in [1.82, 2.24) is 10.2 Å². The van der Waals surface area contributed by atoms with E-state index in [0.717, 1.165) is 5.56 Å². The van der Waals surface area contributed by atoms with Gasteiger partial charge >= 0.3 is 6.09 Å². The summed E-state index contributed by atoms with van der Waals surface area (Å²) in [5.74, 6) is 0. The third-order valence-electron chi connectivity index (χ3n) is 3.17. The summed E-state index contributed by atoms with van der Waals surface area (Å²) in [7, 11) is 0. The number of hydrogen-bond acceptors (Lipinski definition) is 3. The molecule has 1 aliphatic heterocycles. The van der Waals surface area contributed by atoms with Gasteiger partial charge in [0.05, 0.1) is 16.1 Å². The summed E-state index contributed by atoms with van der Waals surface area (Å²) < 4.78 is 5.42. The predicted octanol–water partition coefficient (Wildman–Crippen LogP) is 3.87. The molecular weight excluding hydrogens is 311 g/mol. The number of nitrogens with zero attached hydrogens (tertiary/aromatic N) is 1. The minimum absolute atomic E-state index is 0.0287. The van der Waals surface area contributed by atoms with E-state index in [-0.39, 0.29) is 12.1 Å². The molecular formula is C15H20Cl2N2O2. The van der Waals surface area contributed by atoms with Gasteiger partial charge in [0.1, 0.15) is 5.60 Å². The number of halogens is 2. The first kappa shape index (κ1) is 16.4. The van der Waals surface area contributed by atoms with E-state index in [9.17, 15) is 4.79 Å². The number of ether oxygens (including phenoxy) is 1. The van der Waals surface area contributed by atoms with Crippen molar-refractivity contribution in [3.63, 3.8) is 0 Å². The highest BCUT2D eigenvalue weighted by Crippen LogP contribution is 2.27. The number of nitrogens with one attached hydrogen (secondary N) is 1. The third-order valence-corrected chi connectivity index (χ3v) is 3.91. The van der Waals surface area contributed by atoms with Crippen LogP contribution in [0.2, 0.25) is 10.0 Å². The molecule has 1 aromatic carbocycles. The summed E-state index contributed by atoms with van der Waals surface area (Å²) in [6.45, 7) is 7.49. The molecule has 1 aromatic rings. The highest BCUT2D eigenvalue weighted by atomic mass is 35.5. The molecule has 1 aliphatic rings. The van der Waals surface area contributed by atoms with Crippen molar-refractivity contribution < 1.29 is 9.53 Å². The van der Waals surface area contributed by atoms with E-state index in [1.807, 2.05) is 32.9 Å². The Kier molecular flexibility index (Phi) is 5.02. The lowest BCUT2D eigenvalue weighted by molar-refractivity contribution is 0.0195. The first-order chi connectivity index (χ1) is 9.76. The standard InChI is InChI=1S/C15H20Cl2N2O2/c1-15(2,3)21-14(20)19-7-6-18-13(9-19)10-4-5-11(16)12(17)8-10/h4-5,8,13,18H,6-7,9H2,1-3H3/t13-/m0/s1. The van der Waals surface area contributed by atoms with Crippen molar-refractivity contribution in [3.05, 3.63) is 33.8 Å². The van der Waals surface area contributed by atoms with Gasteiger partial charge in [0.15, 0.2) is 0 Å². The fraction of sp³-hybridized carbons (Fsp3) is 0.533. The minimum Gasteiger partial charge on any atom is -0.444 e.